The quantitative estimate of drug-likeness (QED) is 0.647. The van der Waals surface area contributed by atoms with Crippen LogP contribution in [0.5, 0.6) is 0 Å². The second kappa shape index (κ2) is 6.89. The molecular formula is C16H22N4. The lowest BCUT2D eigenvalue weighted by atomic mass is 10.1. The summed E-state index contributed by atoms with van der Waals surface area (Å²) in [5, 5.41) is 4.32. The third-order valence-corrected chi connectivity index (χ3v) is 3.04. The van der Waals surface area contributed by atoms with Gasteiger partial charge in [-0.1, -0.05) is 38.1 Å². The molecule has 0 saturated heterocycles. The van der Waals surface area contributed by atoms with E-state index in [0.29, 0.717) is 11.9 Å². The van der Waals surface area contributed by atoms with Gasteiger partial charge in [0, 0.05) is 24.7 Å². The van der Waals surface area contributed by atoms with Crippen molar-refractivity contribution in [1.29, 1.82) is 0 Å². The van der Waals surface area contributed by atoms with E-state index in [2.05, 4.69) is 53.4 Å². The second-order valence-corrected chi connectivity index (χ2v) is 5.29. The molecule has 2 aromatic rings. The van der Waals surface area contributed by atoms with Crippen LogP contribution in [-0.2, 0) is 6.42 Å². The number of hydrogen-bond donors (Lipinski definition) is 2. The highest BCUT2D eigenvalue weighted by Crippen LogP contribution is 2.15. The van der Waals surface area contributed by atoms with Gasteiger partial charge in [-0.15, -0.1) is 0 Å². The third-order valence-electron chi connectivity index (χ3n) is 3.04. The zero-order chi connectivity index (χ0) is 14.4. The monoisotopic (exact) mass is 270 g/mol. The lowest BCUT2D eigenvalue weighted by molar-refractivity contribution is 0.661. The minimum absolute atomic E-state index is 0.520. The summed E-state index contributed by atoms with van der Waals surface area (Å²) in [5.74, 6) is 1.05. The van der Waals surface area contributed by atoms with Gasteiger partial charge in [-0.3, -0.25) is 9.98 Å². The molecular weight excluding hydrogens is 248 g/mol. The minimum Gasteiger partial charge on any atom is -0.370 e. The van der Waals surface area contributed by atoms with E-state index in [1.54, 1.807) is 0 Å². The number of nitrogens with one attached hydrogen (secondary N) is 1. The molecule has 1 aromatic carbocycles. The molecule has 0 aliphatic heterocycles. The van der Waals surface area contributed by atoms with E-state index in [-0.39, 0.29) is 0 Å². The van der Waals surface area contributed by atoms with Gasteiger partial charge in [-0.25, -0.2) is 0 Å². The van der Waals surface area contributed by atoms with Gasteiger partial charge in [0.05, 0.1) is 5.52 Å². The summed E-state index contributed by atoms with van der Waals surface area (Å²) in [6, 6.07) is 10.3. The van der Waals surface area contributed by atoms with Gasteiger partial charge in [-0.2, -0.15) is 0 Å². The predicted molar refractivity (Wildman–Crippen MR) is 84.8 cm³/mol. The molecule has 106 valence electrons. The van der Waals surface area contributed by atoms with Crippen molar-refractivity contribution in [2.24, 2.45) is 16.6 Å². The Morgan fingerprint density at radius 3 is 2.90 bits per heavy atom. The molecule has 0 spiro atoms. The smallest absolute Gasteiger partial charge is 0.188 e. The molecule has 4 heteroatoms. The molecule has 2 rings (SSSR count). The normalized spacial score (nSPS) is 12.1. The van der Waals surface area contributed by atoms with Crippen molar-refractivity contribution in [1.82, 2.24) is 10.3 Å². The molecule has 0 bridgehead atoms. The average Bonchev–Trinajstić information content (AvgIpc) is 2.45. The number of rotatable bonds is 5. The fourth-order valence-corrected chi connectivity index (χ4v) is 2.03. The van der Waals surface area contributed by atoms with Gasteiger partial charge in [0.1, 0.15) is 0 Å². The first kappa shape index (κ1) is 14.3. The topological polar surface area (TPSA) is 63.3 Å². The molecule has 0 aliphatic carbocycles. The number of nitrogens with two attached hydrogens (primary N) is 1. The van der Waals surface area contributed by atoms with Crippen LogP contribution in [0, 0.1) is 5.92 Å². The van der Waals surface area contributed by atoms with Crippen molar-refractivity contribution >= 4 is 16.9 Å². The van der Waals surface area contributed by atoms with Gasteiger partial charge in [-0.05, 0) is 24.0 Å². The van der Waals surface area contributed by atoms with Crippen LogP contribution in [0.3, 0.4) is 0 Å². The predicted octanol–water partition coefficient (Wildman–Crippen LogP) is 2.34. The van der Waals surface area contributed by atoms with Crippen LogP contribution >= 0.6 is 0 Å². The average molecular weight is 270 g/mol. The number of fused-ring (bicyclic) bond motifs is 1. The largest absolute Gasteiger partial charge is 0.370 e. The van der Waals surface area contributed by atoms with Crippen molar-refractivity contribution in [3.05, 3.63) is 42.1 Å². The maximum atomic E-state index is 5.82. The maximum Gasteiger partial charge on any atom is 0.188 e. The van der Waals surface area contributed by atoms with Crippen LogP contribution in [0.15, 0.2) is 41.5 Å². The highest BCUT2D eigenvalue weighted by molar-refractivity contribution is 5.81. The molecule has 3 N–H and O–H groups in total. The minimum atomic E-state index is 0.520. The summed E-state index contributed by atoms with van der Waals surface area (Å²) in [7, 11) is 0. The van der Waals surface area contributed by atoms with Crippen LogP contribution in [0.2, 0.25) is 0 Å². The van der Waals surface area contributed by atoms with Crippen LogP contribution in [0.1, 0.15) is 19.4 Å². The first-order valence-electron chi connectivity index (χ1n) is 7.03. The summed E-state index contributed by atoms with van der Waals surface area (Å²) in [4.78, 5) is 8.73. The number of nitrogens with zero attached hydrogens (tertiary/aromatic N) is 2. The lowest BCUT2D eigenvalue weighted by Crippen LogP contribution is -2.33. The number of para-hydroxylation sites is 1. The SMILES string of the molecule is CC(C)CN=C(N)NCCc1cccc2cccnc12. The van der Waals surface area contributed by atoms with Crippen LogP contribution in [-0.4, -0.2) is 24.0 Å². The molecule has 0 saturated carbocycles. The third kappa shape index (κ3) is 3.95. The Bertz CT molecular complexity index is 585. The van der Waals surface area contributed by atoms with Crippen LogP contribution < -0.4 is 11.1 Å². The van der Waals surface area contributed by atoms with E-state index in [1.165, 1.54) is 10.9 Å². The molecule has 0 atom stereocenters. The van der Waals surface area contributed by atoms with E-state index in [0.717, 1.165) is 25.0 Å². The van der Waals surface area contributed by atoms with Crippen LogP contribution in [0.25, 0.3) is 10.9 Å². The number of benzene rings is 1. The number of pyridine rings is 1. The van der Waals surface area contributed by atoms with E-state index >= 15 is 0 Å². The molecule has 0 radical (unpaired) electrons. The molecule has 0 aliphatic rings. The van der Waals surface area contributed by atoms with Gasteiger partial charge < -0.3 is 11.1 Å². The van der Waals surface area contributed by atoms with Crippen molar-refractivity contribution in [2.45, 2.75) is 20.3 Å². The maximum absolute atomic E-state index is 5.82. The first-order chi connectivity index (χ1) is 9.66. The molecule has 0 amide bonds. The van der Waals surface area contributed by atoms with E-state index in [1.807, 2.05) is 12.3 Å². The van der Waals surface area contributed by atoms with Crippen molar-refractivity contribution in [2.75, 3.05) is 13.1 Å². The van der Waals surface area contributed by atoms with E-state index in [4.69, 9.17) is 5.73 Å². The molecule has 1 heterocycles. The van der Waals surface area contributed by atoms with Crippen molar-refractivity contribution in [3.63, 3.8) is 0 Å². The number of guanidine groups is 1. The Morgan fingerprint density at radius 1 is 1.30 bits per heavy atom. The van der Waals surface area contributed by atoms with E-state index in [9.17, 15) is 0 Å². The van der Waals surface area contributed by atoms with E-state index < -0.39 is 0 Å². The Morgan fingerprint density at radius 2 is 2.10 bits per heavy atom. The number of aliphatic imine (C=N–C) groups is 1. The van der Waals surface area contributed by atoms with Crippen molar-refractivity contribution < 1.29 is 0 Å². The Balaban J connectivity index is 1.95. The summed E-state index contributed by atoms with van der Waals surface area (Å²) in [5.41, 5.74) is 8.12. The summed E-state index contributed by atoms with van der Waals surface area (Å²) in [6.45, 7) is 5.77. The molecule has 0 fully saturated rings. The van der Waals surface area contributed by atoms with Crippen LogP contribution in [0.4, 0.5) is 0 Å². The summed E-state index contributed by atoms with van der Waals surface area (Å²) >= 11 is 0. The first-order valence-corrected chi connectivity index (χ1v) is 7.03. The molecule has 1 aromatic heterocycles. The zero-order valence-electron chi connectivity index (χ0n) is 12.1. The van der Waals surface area contributed by atoms with Gasteiger partial charge in [0.15, 0.2) is 5.96 Å². The van der Waals surface area contributed by atoms with Crippen molar-refractivity contribution in [3.8, 4) is 0 Å². The van der Waals surface area contributed by atoms with Gasteiger partial charge in [0.2, 0.25) is 0 Å². The fourth-order valence-electron chi connectivity index (χ4n) is 2.03. The summed E-state index contributed by atoms with van der Waals surface area (Å²) in [6.07, 6.45) is 2.71. The number of aromatic nitrogens is 1. The Labute approximate surface area is 120 Å². The Hall–Kier alpha value is -2.10. The second-order valence-electron chi connectivity index (χ2n) is 5.29. The van der Waals surface area contributed by atoms with Gasteiger partial charge in [0.25, 0.3) is 0 Å². The molecule has 0 unspecified atom stereocenters. The van der Waals surface area contributed by atoms with Gasteiger partial charge >= 0.3 is 0 Å². The standard InChI is InChI=1S/C16H22N4/c1-12(2)11-20-16(17)19-10-8-14-6-3-5-13-7-4-9-18-15(13)14/h3-7,9,12H,8,10-11H2,1-2H3,(H3,17,19,20). The fraction of sp³-hybridized carbons (Fsp3) is 0.375. The zero-order valence-corrected chi connectivity index (χ0v) is 12.1. The summed E-state index contributed by atoms with van der Waals surface area (Å²) < 4.78 is 0. The highest BCUT2D eigenvalue weighted by Gasteiger charge is 2.01. The highest BCUT2D eigenvalue weighted by atomic mass is 15.1. The molecule has 20 heavy (non-hydrogen) atoms. The molecule has 4 nitrogen and oxygen atoms in total. The Kier molecular flexibility index (Phi) is 4.93. The number of hydrogen-bond acceptors (Lipinski definition) is 2. The lowest BCUT2D eigenvalue weighted by Gasteiger charge is -2.08.